The first kappa shape index (κ1) is 19.4. The molecule has 0 aromatic heterocycles. The van der Waals surface area contributed by atoms with Crippen LogP contribution in [0.15, 0.2) is 0 Å². The van der Waals surface area contributed by atoms with Crippen molar-refractivity contribution in [2.45, 2.75) is 77.0 Å². The number of carbonyl (C=O) groups is 1. The van der Waals surface area contributed by atoms with E-state index in [2.05, 4.69) is 5.32 Å². The van der Waals surface area contributed by atoms with Gasteiger partial charge in [-0.2, -0.15) is 0 Å². The van der Waals surface area contributed by atoms with Gasteiger partial charge in [-0.15, -0.1) is 0 Å². The summed E-state index contributed by atoms with van der Waals surface area (Å²) in [5, 5.41) is 3.51. The number of rotatable bonds is 3. The summed E-state index contributed by atoms with van der Waals surface area (Å²) in [6, 6.07) is 0. The molecule has 1 aliphatic rings. The minimum absolute atomic E-state index is 0.331. The van der Waals surface area contributed by atoms with Crippen molar-refractivity contribution in [3.05, 3.63) is 0 Å². The van der Waals surface area contributed by atoms with E-state index >= 15 is 0 Å². The van der Waals surface area contributed by atoms with E-state index in [-0.39, 0.29) is 0 Å². The molecule has 1 aliphatic heterocycles. The van der Waals surface area contributed by atoms with Crippen LogP contribution in [0.5, 0.6) is 0 Å². The van der Waals surface area contributed by atoms with Gasteiger partial charge in [-0.25, -0.2) is 0 Å². The van der Waals surface area contributed by atoms with Crippen molar-refractivity contribution in [1.82, 2.24) is 10.2 Å². The van der Waals surface area contributed by atoms with Gasteiger partial charge in [0.25, 0.3) is 0 Å². The molecule has 3 N–H and O–H groups in total. The SMILES string of the molecule is NCCCN1CCCNCCCCCCCCCCCC1=O. The number of hydrogen-bond acceptors (Lipinski definition) is 3. The third kappa shape index (κ3) is 10.2. The largest absolute Gasteiger partial charge is 0.343 e. The van der Waals surface area contributed by atoms with E-state index in [0.717, 1.165) is 51.9 Å². The smallest absolute Gasteiger partial charge is 0.222 e. The van der Waals surface area contributed by atoms with Gasteiger partial charge < -0.3 is 16.0 Å². The molecule has 0 unspecified atom stereocenters. The molecule has 22 heavy (non-hydrogen) atoms. The van der Waals surface area contributed by atoms with Crippen LogP contribution in [0.25, 0.3) is 0 Å². The van der Waals surface area contributed by atoms with E-state index in [1.807, 2.05) is 4.90 Å². The van der Waals surface area contributed by atoms with E-state index in [1.54, 1.807) is 0 Å². The Morgan fingerprint density at radius 1 is 0.864 bits per heavy atom. The topological polar surface area (TPSA) is 58.4 Å². The van der Waals surface area contributed by atoms with Crippen LogP contribution >= 0.6 is 0 Å². The molecule has 4 nitrogen and oxygen atoms in total. The van der Waals surface area contributed by atoms with E-state index in [9.17, 15) is 4.79 Å². The molecule has 0 bridgehead atoms. The molecule has 0 radical (unpaired) electrons. The summed E-state index contributed by atoms with van der Waals surface area (Å²) in [5.74, 6) is 0.331. The van der Waals surface area contributed by atoms with Crippen molar-refractivity contribution < 1.29 is 4.79 Å². The summed E-state index contributed by atoms with van der Waals surface area (Å²) in [4.78, 5) is 14.4. The third-order valence-corrected chi connectivity index (χ3v) is 4.51. The highest BCUT2D eigenvalue weighted by atomic mass is 16.2. The van der Waals surface area contributed by atoms with Crippen LogP contribution in [-0.2, 0) is 4.79 Å². The van der Waals surface area contributed by atoms with Gasteiger partial charge in [-0.3, -0.25) is 4.79 Å². The van der Waals surface area contributed by atoms with Crippen LogP contribution in [0.3, 0.4) is 0 Å². The number of nitrogens with one attached hydrogen (secondary N) is 1. The van der Waals surface area contributed by atoms with Crippen molar-refractivity contribution in [3.63, 3.8) is 0 Å². The summed E-state index contributed by atoms with van der Waals surface area (Å²) in [7, 11) is 0. The Labute approximate surface area is 137 Å². The lowest BCUT2D eigenvalue weighted by Crippen LogP contribution is -2.35. The average molecular weight is 312 g/mol. The molecule has 0 atom stereocenters. The molecule has 1 fully saturated rings. The molecule has 0 aromatic carbocycles. The second-order valence-corrected chi connectivity index (χ2v) is 6.56. The minimum Gasteiger partial charge on any atom is -0.343 e. The molecule has 1 rings (SSSR count). The van der Waals surface area contributed by atoms with E-state index < -0.39 is 0 Å². The number of amides is 1. The maximum absolute atomic E-state index is 12.3. The van der Waals surface area contributed by atoms with Crippen molar-refractivity contribution in [2.75, 3.05) is 32.7 Å². The lowest BCUT2D eigenvalue weighted by Gasteiger charge is -2.22. The summed E-state index contributed by atoms with van der Waals surface area (Å²) in [6.07, 6.45) is 14.3. The Morgan fingerprint density at radius 2 is 1.45 bits per heavy atom. The third-order valence-electron chi connectivity index (χ3n) is 4.51. The standard InChI is InChI=1S/C18H37N3O/c19-13-10-16-21-17-11-15-20-14-9-7-5-3-1-2-4-6-8-12-18(21)22/h20H,1-17,19H2. The second-order valence-electron chi connectivity index (χ2n) is 6.56. The number of hydrogen-bond donors (Lipinski definition) is 2. The number of carbonyl (C=O) groups excluding carboxylic acids is 1. The Hall–Kier alpha value is -0.610. The van der Waals surface area contributed by atoms with Crippen LogP contribution < -0.4 is 11.1 Å². The monoisotopic (exact) mass is 311 g/mol. The fourth-order valence-corrected chi connectivity index (χ4v) is 3.09. The molecule has 0 saturated carbocycles. The first-order chi connectivity index (χ1) is 10.8. The summed E-state index contributed by atoms with van der Waals surface area (Å²) < 4.78 is 0. The zero-order chi connectivity index (χ0) is 15.9. The molecule has 130 valence electrons. The second kappa shape index (κ2) is 14.0. The molecule has 1 heterocycles. The molecule has 1 saturated heterocycles. The molecule has 1 amide bonds. The molecular weight excluding hydrogens is 274 g/mol. The van der Waals surface area contributed by atoms with Crippen LogP contribution in [0.1, 0.15) is 77.0 Å². The highest BCUT2D eigenvalue weighted by Crippen LogP contribution is 2.11. The molecule has 0 aliphatic carbocycles. The van der Waals surface area contributed by atoms with Gasteiger partial charge in [0.15, 0.2) is 0 Å². The van der Waals surface area contributed by atoms with Crippen molar-refractivity contribution >= 4 is 5.91 Å². The number of nitrogens with two attached hydrogens (primary N) is 1. The lowest BCUT2D eigenvalue weighted by molar-refractivity contribution is -0.131. The summed E-state index contributed by atoms with van der Waals surface area (Å²) >= 11 is 0. The zero-order valence-electron chi connectivity index (χ0n) is 14.5. The average Bonchev–Trinajstić information content (AvgIpc) is 2.53. The van der Waals surface area contributed by atoms with E-state index in [4.69, 9.17) is 5.73 Å². The normalized spacial score (nSPS) is 21.5. The van der Waals surface area contributed by atoms with Gasteiger partial charge in [0.1, 0.15) is 0 Å². The van der Waals surface area contributed by atoms with Gasteiger partial charge in [0, 0.05) is 19.5 Å². The molecule has 4 heteroatoms. The first-order valence-electron chi connectivity index (χ1n) is 9.53. The Morgan fingerprint density at radius 3 is 2.14 bits per heavy atom. The fourth-order valence-electron chi connectivity index (χ4n) is 3.09. The maximum Gasteiger partial charge on any atom is 0.222 e. The maximum atomic E-state index is 12.3. The van der Waals surface area contributed by atoms with Gasteiger partial charge in [-0.05, 0) is 45.3 Å². The predicted molar refractivity (Wildman–Crippen MR) is 93.9 cm³/mol. The highest BCUT2D eigenvalue weighted by Gasteiger charge is 2.12. The van der Waals surface area contributed by atoms with Crippen LogP contribution in [0, 0.1) is 0 Å². The molecular formula is C18H37N3O. The molecule has 0 spiro atoms. The minimum atomic E-state index is 0.331. The molecule has 0 aromatic rings. The highest BCUT2D eigenvalue weighted by molar-refractivity contribution is 5.76. The summed E-state index contributed by atoms with van der Waals surface area (Å²) in [6.45, 7) is 4.52. The Bertz CT molecular complexity index is 271. The zero-order valence-corrected chi connectivity index (χ0v) is 14.5. The van der Waals surface area contributed by atoms with Gasteiger partial charge in [-0.1, -0.05) is 44.9 Å². The van der Waals surface area contributed by atoms with Gasteiger partial charge in [0.2, 0.25) is 5.91 Å². The quantitative estimate of drug-likeness (QED) is 0.842. The van der Waals surface area contributed by atoms with Gasteiger partial charge >= 0.3 is 0 Å². The Balaban J connectivity index is 2.34. The van der Waals surface area contributed by atoms with Crippen molar-refractivity contribution in [2.24, 2.45) is 5.73 Å². The van der Waals surface area contributed by atoms with E-state index in [1.165, 1.54) is 51.4 Å². The van der Waals surface area contributed by atoms with Crippen LogP contribution in [0.4, 0.5) is 0 Å². The first-order valence-corrected chi connectivity index (χ1v) is 9.53. The van der Waals surface area contributed by atoms with Crippen LogP contribution in [0.2, 0.25) is 0 Å². The van der Waals surface area contributed by atoms with Crippen molar-refractivity contribution in [1.29, 1.82) is 0 Å². The lowest BCUT2D eigenvalue weighted by atomic mass is 10.1. The van der Waals surface area contributed by atoms with E-state index in [0.29, 0.717) is 12.5 Å². The van der Waals surface area contributed by atoms with Gasteiger partial charge in [0.05, 0.1) is 0 Å². The van der Waals surface area contributed by atoms with Crippen LogP contribution in [-0.4, -0.2) is 43.5 Å². The Kier molecular flexibility index (Phi) is 12.4. The van der Waals surface area contributed by atoms with Crippen molar-refractivity contribution in [3.8, 4) is 0 Å². The fraction of sp³-hybridized carbons (Fsp3) is 0.944. The predicted octanol–water partition coefficient (Wildman–Crippen LogP) is 3.06. The summed E-state index contributed by atoms with van der Waals surface area (Å²) in [5.41, 5.74) is 5.60. The number of nitrogens with zero attached hydrogens (tertiary/aromatic N) is 1.